The van der Waals surface area contributed by atoms with Gasteiger partial charge in [-0.1, -0.05) is 29.8 Å². The molecule has 0 fully saturated rings. The second kappa shape index (κ2) is 8.75. The maximum Gasteiger partial charge on any atom is 0.374 e. The number of ether oxygens (including phenoxy) is 2. The van der Waals surface area contributed by atoms with E-state index in [1.165, 1.54) is 6.07 Å². The maximum absolute atomic E-state index is 13.4. The lowest BCUT2D eigenvalue weighted by Gasteiger charge is -2.12. The number of aryl methyl sites for hydroxylation is 3. The third-order valence-corrected chi connectivity index (χ3v) is 5.28. The lowest BCUT2D eigenvalue weighted by Crippen LogP contribution is -2.10. The summed E-state index contributed by atoms with van der Waals surface area (Å²) in [6.45, 7) is 7.84. The van der Waals surface area contributed by atoms with E-state index in [4.69, 9.17) is 18.3 Å². The Kier molecular flexibility index (Phi) is 5.86. The van der Waals surface area contributed by atoms with Crippen molar-refractivity contribution in [2.24, 2.45) is 0 Å². The Morgan fingerprint density at radius 1 is 0.938 bits per heavy atom. The average molecular weight is 432 g/mol. The SMILES string of the molecule is CCOC(=O)c1ccc(COc2c(-c3ccc(C)cc3)oc3cc(C)c(C)cc3c2=O)o1. The van der Waals surface area contributed by atoms with Gasteiger partial charge in [0.2, 0.25) is 16.9 Å². The number of esters is 1. The van der Waals surface area contributed by atoms with E-state index >= 15 is 0 Å². The summed E-state index contributed by atoms with van der Waals surface area (Å²) in [7, 11) is 0. The second-order valence-electron chi connectivity index (χ2n) is 7.66. The monoisotopic (exact) mass is 432 g/mol. The van der Waals surface area contributed by atoms with Crippen LogP contribution in [0.5, 0.6) is 5.75 Å². The fourth-order valence-electron chi connectivity index (χ4n) is 3.37. The van der Waals surface area contributed by atoms with Crippen LogP contribution in [-0.2, 0) is 11.3 Å². The van der Waals surface area contributed by atoms with Gasteiger partial charge < -0.3 is 18.3 Å². The molecule has 32 heavy (non-hydrogen) atoms. The van der Waals surface area contributed by atoms with Gasteiger partial charge in [0.25, 0.3) is 0 Å². The number of fused-ring (bicyclic) bond motifs is 1. The minimum Gasteiger partial charge on any atom is -0.478 e. The first-order valence-electron chi connectivity index (χ1n) is 10.4. The van der Waals surface area contributed by atoms with Crippen molar-refractivity contribution in [3.63, 3.8) is 0 Å². The van der Waals surface area contributed by atoms with Crippen molar-refractivity contribution >= 4 is 16.9 Å². The Morgan fingerprint density at radius 3 is 2.38 bits per heavy atom. The Morgan fingerprint density at radius 2 is 1.66 bits per heavy atom. The molecule has 0 spiro atoms. The highest BCUT2D eigenvalue weighted by Gasteiger charge is 2.20. The average Bonchev–Trinajstić information content (AvgIpc) is 3.24. The van der Waals surface area contributed by atoms with E-state index < -0.39 is 5.97 Å². The number of hydrogen-bond donors (Lipinski definition) is 0. The molecule has 6 heteroatoms. The Hall–Kier alpha value is -3.80. The topological polar surface area (TPSA) is 78.9 Å². The zero-order valence-electron chi connectivity index (χ0n) is 18.5. The minimum absolute atomic E-state index is 0.0423. The van der Waals surface area contributed by atoms with E-state index in [-0.39, 0.29) is 30.2 Å². The third-order valence-electron chi connectivity index (χ3n) is 5.28. The van der Waals surface area contributed by atoms with Crippen LogP contribution < -0.4 is 10.2 Å². The van der Waals surface area contributed by atoms with Crippen molar-refractivity contribution in [1.29, 1.82) is 0 Å². The molecule has 0 saturated carbocycles. The summed E-state index contributed by atoms with van der Waals surface area (Å²) >= 11 is 0. The zero-order valence-corrected chi connectivity index (χ0v) is 18.5. The molecular weight excluding hydrogens is 408 g/mol. The van der Waals surface area contributed by atoms with Crippen molar-refractivity contribution in [3.05, 3.63) is 87.0 Å². The van der Waals surface area contributed by atoms with E-state index in [1.807, 2.05) is 57.2 Å². The van der Waals surface area contributed by atoms with Gasteiger partial charge in [-0.15, -0.1) is 0 Å². The van der Waals surface area contributed by atoms with Crippen LogP contribution in [0, 0.1) is 20.8 Å². The van der Waals surface area contributed by atoms with Gasteiger partial charge in [-0.2, -0.15) is 0 Å². The van der Waals surface area contributed by atoms with Crippen LogP contribution in [0.15, 0.2) is 62.2 Å². The molecule has 0 aliphatic carbocycles. The van der Waals surface area contributed by atoms with Gasteiger partial charge >= 0.3 is 5.97 Å². The summed E-state index contributed by atoms with van der Waals surface area (Å²) in [5, 5.41) is 0.450. The molecule has 164 valence electrons. The smallest absolute Gasteiger partial charge is 0.374 e. The number of benzene rings is 2. The van der Waals surface area contributed by atoms with Gasteiger partial charge in [-0.3, -0.25) is 4.79 Å². The molecule has 0 aliphatic rings. The van der Waals surface area contributed by atoms with Crippen molar-refractivity contribution in [2.75, 3.05) is 6.61 Å². The summed E-state index contributed by atoms with van der Waals surface area (Å²) in [6, 6.07) is 14.5. The van der Waals surface area contributed by atoms with Gasteiger partial charge in [-0.05, 0) is 63.1 Å². The zero-order chi connectivity index (χ0) is 22.8. The van der Waals surface area contributed by atoms with Crippen molar-refractivity contribution in [1.82, 2.24) is 0 Å². The number of hydrogen-bond acceptors (Lipinski definition) is 6. The van der Waals surface area contributed by atoms with Crippen LogP contribution in [0.1, 0.15) is 39.9 Å². The fourth-order valence-corrected chi connectivity index (χ4v) is 3.37. The third kappa shape index (κ3) is 4.17. The highest BCUT2D eigenvalue weighted by atomic mass is 16.5. The molecule has 0 atom stereocenters. The van der Waals surface area contributed by atoms with E-state index in [9.17, 15) is 9.59 Å². The van der Waals surface area contributed by atoms with Crippen LogP contribution in [-0.4, -0.2) is 12.6 Å². The van der Waals surface area contributed by atoms with Crippen LogP contribution in [0.4, 0.5) is 0 Å². The molecule has 0 unspecified atom stereocenters. The summed E-state index contributed by atoms with van der Waals surface area (Å²) < 4.78 is 22.5. The highest BCUT2D eigenvalue weighted by Crippen LogP contribution is 2.32. The number of carbonyl (C=O) groups is 1. The Labute approximate surface area is 185 Å². The maximum atomic E-state index is 13.4. The summed E-state index contributed by atoms with van der Waals surface area (Å²) in [5.41, 5.74) is 4.09. The lowest BCUT2D eigenvalue weighted by molar-refractivity contribution is 0.0486. The Balaban J connectivity index is 1.76. The van der Waals surface area contributed by atoms with Crippen LogP contribution >= 0.6 is 0 Å². The largest absolute Gasteiger partial charge is 0.478 e. The lowest BCUT2D eigenvalue weighted by atomic mass is 10.0. The number of furan rings is 1. The van der Waals surface area contributed by atoms with E-state index in [0.29, 0.717) is 22.5 Å². The van der Waals surface area contributed by atoms with E-state index in [1.54, 1.807) is 13.0 Å². The molecule has 2 aromatic carbocycles. The molecule has 0 amide bonds. The van der Waals surface area contributed by atoms with Crippen LogP contribution in [0.2, 0.25) is 0 Å². The number of rotatable bonds is 6. The van der Waals surface area contributed by atoms with Crippen LogP contribution in [0.25, 0.3) is 22.3 Å². The van der Waals surface area contributed by atoms with Crippen LogP contribution in [0.3, 0.4) is 0 Å². The molecule has 0 bridgehead atoms. The van der Waals surface area contributed by atoms with Gasteiger partial charge in [0.05, 0.1) is 12.0 Å². The van der Waals surface area contributed by atoms with Gasteiger partial charge in [0.15, 0.2) is 5.76 Å². The second-order valence-corrected chi connectivity index (χ2v) is 7.66. The predicted molar refractivity (Wildman–Crippen MR) is 121 cm³/mol. The summed E-state index contributed by atoms with van der Waals surface area (Å²) in [4.78, 5) is 25.2. The Bertz CT molecular complexity index is 1340. The minimum atomic E-state index is -0.546. The summed E-state index contributed by atoms with van der Waals surface area (Å²) in [6.07, 6.45) is 0. The standard InChI is InChI=1S/C26H24O6/c1-5-29-26(28)21-11-10-19(31-21)14-30-25-23(27)20-12-16(3)17(4)13-22(20)32-24(25)18-8-6-15(2)7-9-18/h6-13H,5,14H2,1-4H3. The molecule has 0 N–H and O–H groups in total. The molecule has 4 rings (SSSR count). The first-order valence-corrected chi connectivity index (χ1v) is 10.4. The van der Waals surface area contributed by atoms with Crippen molar-refractivity contribution in [2.45, 2.75) is 34.3 Å². The molecule has 2 heterocycles. The molecule has 4 aromatic rings. The quantitative estimate of drug-likeness (QED) is 0.362. The molecule has 6 nitrogen and oxygen atoms in total. The highest BCUT2D eigenvalue weighted by molar-refractivity contribution is 5.86. The van der Waals surface area contributed by atoms with Gasteiger partial charge in [0, 0.05) is 5.56 Å². The molecular formula is C26H24O6. The predicted octanol–water partition coefficient (Wildman–Crippen LogP) is 5.73. The first kappa shape index (κ1) is 21.4. The van der Waals surface area contributed by atoms with Gasteiger partial charge in [-0.25, -0.2) is 4.79 Å². The van der Waals surface area contributed by atoms with E-state index in [0.717, 1.165) is 22.3 Å². The van der Waals surface area contributed by atoms with Gasteiger partial charge in [0.1, 0.15) is 18.0 Å². The van der Waals surface area contributed by atoms with Crippen molar-refractivity contribution < 1.29 is 23.1 Å². The molecule has 2 aromatic heterocycles. The van der Waals surface area contributed by atoms with Crippen molar-refractivity contribution in [3.8, 4) is 17.1 Å². The van der Waals surface area contributed by atoms with E-state index in [2.05, 4.69) is 0 Å². The fraction of sp³-hybridized carbons (Fsp3) is 0.231. The first-order chi connectivity index (χ1) is 15.4. The molecule has 0 radical (unpaired) electrons. The number of carbonyl (C=O) groups excluding carboxylic acids is 1. The normalized spacial score (nSPS) is 11.0. The summed E-state index contributed by atoms with van der Waals surface area (Å²) in [5.74, 6) is 0.375. The molecule has 0 aliphatic heterocycles. The molecule has 0 saturated heterocycles.